The van der Waals surface area contributed by atoms with Gasteiger partial charge in [0.25, 0.3) is 0 Å². The van der Waals surface area contributed by atoms with Crippen LogP contribution in [-0.4, -0.2) is 42.8 Å². The average molecular weight is 319 g/mol. The minimum Gasteiger partial charge on any atom is -0.497 e. The minimum atomic E-state index is 0.368. The zero-order chi connectivity index (χ0) is 15.4. The minimum absolute atomic E-state index is 0.368. The molecular formula is C17H25N3OS. The molecule has 1 aromatic carbocycles. The van der Waals surface area contributed by atoms with Gasteiger partial charge in [-0.15, -0.1) is 0 Å². The summed E-state index contributed by atoms with van der Waals surface area (Å²) in [6.45, 7) is 3.19. The van der Waals surface area contributed by atoms with E-state index in [2.05, 4.69) is 27.7 Å². The van der Waals surface area contributed by atoms with E-state index in [4.69, 9.17) is 17.0 Å². The number of rotatable bonds is 6. The summed E-state index contributed by atoms with van der Waals surface area (Å²) >= 11 is 5.39. The standard InChI is InChI=1S/C17H25N3OS/c1-21-15-8-4-13(5-9-15)16(20-10-2-3-11-20)12-18-17(22)19-14-6-7-14/h4-5,8-9,14,16H,2-3,6-7,10-12H2,1H3,(H2,18,19,22). The fourth-order valence-corrected chi connectivity index (χ4v) is 3.24. The summed E-state index contributed by atoms with van der Waals surface area (Å²) in [6, 6.07) is 9.39. The number of likely N-dealkylation sites (tertiary alicyclic amines) is 1. The largest absolute Gasteiger partial charge is 0.497 e. The maximum atomic E-state index is 5.39. The Morgan fingerprint density at radius 1 is 1.27 bits per heavy atom. The van der Waals surface area contributed by atoms with Crippen LogP contribution in [0.1, 0.15) is 37.3 Å². The first-order chi connectivity index (χ1) is 10.8. The molecule has 1 saturated carbocycles. The number of benzene rings is 1. The lowest BCUT2D eigenvalue weighted by Crippen LogP contribution is -2.42. The highest BCUT2D eigenvalue weighted by Gasteiger charge is 2.25. The Hall–Kier alpha value is -1.33. The smallest absolute Gasteiger partial charge is 0.166 e. The van der Waals surface area contributed by atoms with E-state index >= 15 is 0 Å². The average Bonchev–Trinajstić information content (AvgIpc) is 3.18. The first kappa shape index (κ1) is 15.6. The quantitative estimate of drug-likeness (QED) is 0.788. The van der Waals surface area contributed by atoms with E-state index < -0.39 is 0 Å². The fraction of sp³-hybridized carbons (Fsp3) is 0.588. The van der Waals surface area contributed by atoms with Crippen molar-refractivity contribution in [1.82, 2.24) is 15.5 Å². The van der Waals surface area contributed by atoms with Gasteiger partial charge in [-0.3, -0.25) is 4.90 Å². The molecule has 1 atom stereocenters. The van der Waals surface area contributed by atoms with Crippen LogP contribution in [0.3, 0.4) is 0 Å². The molecule has 5 heteroatoms. The summed E-state index contributed by atoms with van der Waals surface area (Å²) in [5.74, 6) is 0.905. The molecule has 0 bridgehead atoms. The highest BCUT2D eigenvalue weighted by Crippen LogP contribution is 2.26. The van der Waals surface area contributed by atoms with Crippen molar-refractivity contribution < 1.29 is 4.74 Å². The predicted molar refractivity (Wildman–Crippen MR) is 93.3 cm³/mol. The van der Waals surface area contributed by atoms with Crippen molar-refractivity contribution in [1.29, 1.82) is 0 Å². The van der Waals surface area contributed by atoms with Crippen LogP contribution in [0.2, 0.25) is 0 Å². The monoisotopic (exact) mass is 319 g/mol. The third-order valence-corrected chi connectivity index (χ3v) is 4.71. The van der Waals surface area contributed by atoms with Crippen LogP contribution < -0.4 is 15.4 Å². The number of nitrogens with one attached hydrogen (secondary N) is 2. The Labute approximate surface area is 138 Å². The van der Waals surface area contributed by atoms with Gasteiger partial charge in [-0.05, 0) is 68.7 Å². The Bertz CT molecular complexity index is 495. The van der Waals surface area contributed by atoms with E-state index in [9.17, 15) is 0 Å². The van der Waals surface area contributed by atoms with E-state index in [1.165, 1.54) is 44.3 Å². The highest BCUT2D eigenvalue weighted by molar-refractivity contribution is 7.80. The van der Waals surface area contributed by atoms with Crippen LogP contribution in [0.4, 0.5) is 0 Å². The van der Waals surface area contributed by atoms with Crippen molar-refractivity contribution >= 4 is 17.3 Å². The van der Waals surface area contributed by atoms with Crippen molar-refractivity contribution in [3.05, 3.63) is 29.8 Å². The maximum absolute atomic E-state index is 5.39. The van der Waals surface area contributed by atoms with Crippen LogP contribution in [0, 0.1) is 0 Å². The summed E-state index contributed by atoms with van der Waals surface area (Å²) in [4.78, 5) is 2.55. The first-order valence-corrected chi connectivity index (χ1v) is 8.59. The van der Waals surface area contributed by atoms with E-state index in [-0.39, 0.29) is 0 Å². The first-order valence-electron chi connectivity index (χ1n) is 8.18. The molecule has 2 fully saturated rings. The maximum Gasteiger partial charge on any atom is 0.166 e. The van der Waals surface area contributed by atoms with Gasteiger partial charge in [0.2, 0.25) is 0 Å². The molecule has 1 aromatic rings. The summed E-state index contributed by atoms with van der Waals surface area (Å²) in [5, 5.41) is 7.55. The van der Waals surface area contributed by atoms with E-state index in [0.29, 0.717) is 12.1 Å². The van der Waals surface area contributed by atoms with Crippen molar-refractivity contribution in [2.24, 2.45) is 0 Å². The van der Waals surface area contributed by atoms with Crippen LogP contribution in [0.5, 0.6) is 5.75 Å². The molecule has 0 amide bonds. The van der Waals surface area contributed by atoms with Gasteiger partial charge in [-0.2, -0.15) is 0 Å². The molecule has 1 unspecified atom stereocenters. The summed E-state index contributed by atoms with van der Waals surface area (Å²) < 4.78 is 5.26. The second kappa shape index (κ2) is 7.29. The molecule has 2 aliphatic rings. The second-order valence-corrected chi connectivity index (χ2v) is 6.57. The Morgan fingerprint density at radius 3 is 2.55 bits per heavy atom. The molecule has 0 radical (unpaired) electrons. The molecule has 1 aliphatic heterocycles. The van der Waals surface area contributed by atoms with Crippen molar-refractivity contribution in [3.8, 4) is 5.75 Å². The molecule has 4 nitrogen and oxygen atoms in total. The molecule has 3 rings (SSSR count). The molecule has 1 heterocycles. The normalized spacial score (nSPS) is 19.7. The van der Waals surface area contributed by atoms with Crippen LogP contribution in [0.15, 0.2) is 24.3 Å². The van der Waals surface area contributed by atoms with Crippen LogP contribution in [-0.2, 0) is 0 Å². The third-order valence-electron chi connectivity index (χ3n) is 4.45. The lowest BCUT2D eigenvalue weighted by molar-refractivity contribution is 0.245. The van der Waals surface area contributed by atoms with E-state index in [1.807, 2.05) is 12.1 Å². The number of hydrogen-bond acceptors (Lipinski definition) is 3. The van der Waals surface area contributed by atoms with Gasteiger partial charge in [-0.1, -0.05) is 12.1 Å². The summed E-state index contributed by atoms with van der Waals surface area (Å²) in [7, 11) is 1.70. The number of thiocarbonyl (C=S) groups is 1. The number of hydrogen-bond donors (Lipinski definition) is 2. The molecule has 2 N–H and O–H groups in total. The fourth-order valence-electron chi connectivity index (χ4n) is 2.99. The van der Waals surface area contributed by atoms with Gasteiger partial charge in [-0.25, -0.2) is 0 Å². The van der Waals surface area contributed by atoms with E-state index in [1.54, 1.807) is 7.11 Å². The van der Waals surface area contributed by atoms with E-state index in [0.717, 1.165) is 17.4 Å². The highest BCUT2D eigenvalue weighted by atomic mass is 32.1. The molecule has 0 aromatic heterocycles. The third kappa shape index (κ3) is 4.11. The van der Waals surface area contributed by atoms with Crippen LogP contribution in [0.25, 0.3) is 0 Å². The van der Waals surface area contributed by atoms with Crippen molar-refractivity contribution in [2.45, 2.75) is 37.8 Å². The SMILES string of the molecule is COc1ccc(C(CNC(=S)NC2CC2)N2CCCC2)cc1. The van der Waals surface area contributed by atoms with Gasteiger partial charge < -0.3 is 15.4 Å². The number of nitrogens with zero attached hydrogens (tertiary/aromatic N) is 1. The van der Waals surface area contributed by atoms with Gasteiger partial charge in [0.05, 0.1) is 13.2 Å². The molecule has 22 heavy (non-hydrogen) atoms. The second-order valence-electron chi connectivity index (χ2n) is 6.16. The van der Waals surface area contributed by atoms with Crippen molar-refractivity contribution in [3.63, 3.8) is 0 Å². The lowest BCUT2D eigenvalue weighted by Gasteiger charge is -2.29. The van der Waals surface area contributed by atoms with Crippen LogP contribution >= 0.6 is 12.2 Å². The van der Waals surface area contributed by atoms with Crippen molar-refractivity contribution in [2.75, 3.05) is 26.7 Å². The van der Waals surface area contributed by atoms with Gasteiger partial charge in [0, 0.05) is 12.6 Å². The zero-order valence-electron chi connectivity index (χ0n) is 13.2. The number of methoxy groups -OCH3 is 1. The zero-order valence-corrected chi connectivity index (χ0v) is 14.0. The van der Waals surface area contributed by atoms with Gasteiger partial charge in [0.15, 0.2) is 5.11 Å². The molecule has 1 aliphatic carbocycles. The van der Waals surface area contributed by atoms with Gasteiger partial charge in [0.1, 0.15) is 5.75 Å². The molecule has 0 spiro atoms. The summed E-state index contributed by atoms with van der Waals surface area (Å²) in [5.41, 5.74) is 1.32. The Balaban J connectivity index is 1.63. The molecule has 1 saturated heterocycles. The Morgan fingerprint density at radius 2 is 1.95 bits per heavy atom. The molecule has 120 valence electrons. The number of ether oxygens (including phenoxy) is 1. The topological polar surface area (TPSA) is 36.5 Å². The lowest BCUT2D eigenvalue weighted by atomic mass is 10.1. The Kier molecular flexibility index (Phi) is 5.16. The predicted octanol–water partition coefficient (Wildman–Crippen LogP) is 2.46. The molecular weight excluding hydrogens is 294 g/mol. The summed E-state index contributed by atoms with van der Waals surface area (Å²) in [6.07, 6.45) is 5.07. The van der Waals surface area contributed by atoms with Gasteiger partial charge >= 0.3 is 0 Å².